The van der Waals surface area contributed by atoms with E-state index in [1.165, 1.54) is 0 Å². The fraction of sp³-hybridized carbons (Fsp3) is 0.333. The van der Waals surface area contributed by atoms with Gasteiger partial charge in [-0.3, -0.25) is 9.78 Å². The van der Waals surface area contributed by atoms with Crippen molar-refractivity contribution in [3.05, 3.63) is 28.5 Å². The normalized spacial score (nSPS) is 9.69. The number of carbonyl (C=O) groups excluding carboxylic acids is 1. The molecule has 1 heterocycles. The Balaban J connectivity index is 2.66. The Morgan fingerprint density at radius 1 is 1.69 bits per heavy atom. The number of rotatable bonds is 3. The van der Waals surface area contributed by atoms with E-state index >= 15 is 0 Å². The van der Waals surface area contributed by atoms with E-state index in [1.807, 2.05) is 6.92 Å². The zero-order valence-electron chi connectivity index (χ0n) is 7.38. The first-order valence-corrected chi connectivity index (χ1v) is 4.93. The van der Waals surface area contributed by atoms with Crippen LogP contribution in [0.1, 0.15) is 23.8 Å². The molecule has 0 spiro atoms. The topological polar surface area (TPSA) is 42.0 Å². The molecule has 0 saturated heterocycles. The summed E-state index contributed by atoms with van der Waals surface area (Å²) in [5.41, 5.74) is 0.447. The van der Waals surface area contributed by atoms with Crippen LogP contribution in [-0.4, -0.2) is 17.4 Å². The van der Waals surface area contributed by atoms with E-state index in [-0.39, 0.29) is 5.91 Å². The second kappa shape index (κ2) is 4.97. The van der Waals surface area contributed by atoms with Gasteiger partial charge in [-0.25, -0.2) is 0 Å². The molecule has 0 unspecified atom stereocenters. The summed E-state index contributed by atoms with van der Waals surface area (Å²) in [6.45, 7) is 2.70. The lowest BCUT2D eigenvalue weighted by Crippen LogP contribution is -2.24. The number of hydrogen-bond donors (Lipinski definition) is 1. The average Bonchev–Trinajstić information content (AvgIpc) is 2.14. The quantitative estimate of drug-likeness (QED) is 0.881. The van der Waals surface area contributed by atoms with Crippen LogP contribution in [0.15, 0.2) is 22.8 Å². The van der Waals surface area contributed by atoms with E-state index < -0.39 is 0 Å². The molecule has 1 aromatic heterocycles. The van der Waals surface area contributed by atoms with Gasteiger partial charge in [-0.05, 0) is 18.6 Å². The van der Waals surface area contributed by atoms with Crippen LogP contribution in [0, 0.1) is 0 Å². The summed E-state index contributed by atoms with van der Waals surface area (Å²) in [4.78, 5) is 15.3. The van der Waals surface area contributed by atoms with Crippen molar-refractivity contribution < 1.29 is 4.79 Å². The minimum atomic E-state index is -0.122. The minimum absolute atomic E-state index is 0.122. The molecular weight excluding hydrogens is 232 g/mol. The molecule has 13 heavy (non-hydrogen) atoms. The van der Waals surface area contributed by atoms with Crippen molar-refractivity contribution in [1.82, 2.24) is 10.3 Å². The molecule has 70 valence electrons. The van der Waals surface area contributed by atoms with E-state index in [2.05, 4.69) is 26.2 Å². The number of halogens is 1. The second-order valence-electron chi connectivity index (χ2n) is 2.62. The summed E-state index contributed by atoms with van der Waals surface area (Å²) in [5.74, 6) is -0.122. The highest BCUT2D eigenvalue weighted by Crippen LogP contribution is 2.08. The van der Waals surface area contributed by atoms with Crippen molar-refractivity contribution in [3.8, 4) is 0 Å². The van der Waals surface area contributed by atoms with Gasteiger partial charge in [0, 0.05) is 17.2 Å². The van der Waals surface area contributed by atoms with Crippen molar-refractivity contribution in [1.29, 1.82) is 0 Å². The molecule has 1 aromatic rings. The third-order valence-corrected chi connectivity index (χ3v) is 1.98. The molecule has 0 aliphatic carbocycles. The van der Waals surface area contributed by atoms with Gasteiger partial charge in [-0.1, -0.05) is 22.9 Å². The predicted octanol–water partition coefficient (Wildman–Crippen LogP) is 1.98. The Kier molecular flexibility index (Phi) is 3.89. The molecular formula is C9H11BrN2O. The standard InChI is InChI=1S/C9H11BrN2O/c1-2-4-12-9(13)8-6-7(10)3-5-11-8/h3,5-6H,2,4H2,1H3,(H,12,13). The summed E-state index contributed by atoms with van der Waals surface area (Å²) in [6, 6.07) is 3.49. The summed E-state index contributed by atoms with van der Waals surface area (Å²) in [7, 11) is 0. The summed E-state index contributed by atoms with van der Waals surface area (Å²) < 4.78 is 0.865. The Labute approximate surface area is 85.7 Å². The smallest absolute Gasteiger partial charge is 0.269 e. The number of nitrogens with one attached hydrogen (secondary N) is 1. The van der Waals surface area contributed by atoms with Gasteiger partial charge in [0.25, 0.3) is 5.91 Å². The fourth-order valence-electron chi connectivity index (χ4n) is 0.858. The second-order valence-corrected chi connectivity index (χ2v) is 3.53. The van der Waals surface area contributed by atoms with Crippen LogP contribution in [0.5, 0.6) is 0 Å². The maximum atomic E-state index is 11.4. The molecule has 0 fully saturated rings. The molecule has 1 rings (SSSR count). The molecule has 0 bridgehead atoms. The number of carbonyl (C=O) groups is 1. The van der Waals surface area contributed by atoms with Gasteiger partial charge in [0.1, 0.15) is 5.69 Å². The largest absolute Gasteiger partial charge is 0.351 e. The molecule has 3 nitrogen and oxygen atoms in total. The minimum Gasteiger partial charge on any atom is -0.351 e. The van der Waals surface area contributed by atoms with Crippen molar-refractivity contribution >= 4 is 21.8 Å². The van der Waals surface area contributed by atoms with E-state index in [0.29, 0.717) is 12.2 Å². The highest BCUT2D eigenvalue weighted by Gasteiger charge is 2.05. The zero-order chi connectivity index (χ0) is 9.68. The number of hydrogen-bond acceptors (Lipinski definition) is 2. The summed E-state index contributed by atoms with van der Waals surface area (Å²) >= 11 is 3.28. The molecule has 0 saturated carbocycles. The van der Waals surface area contributed by atoms with Crippen LogP contribution >= 0.6 is 15.9 Å². The van der Waals surface area contributed by atoms with E-state index in [9.17, 15) is 4.79 Å². The third-order valence-electron chi connectivity index (χ3n) is 1.49. The van der Waals surface area contributed by atoms with Crippen molar-refractivity contribution in [2.45, 2.75) is 13.3 Å². The Morgan fingerprint density at radius 3 is 3.08 bits per heavy atom. The van der Waals surface area contributed by atoms with Gasteiger partial charge >= 0.3 is 0 Å². The average molecular weight is 243 g/mol. The zero-order valence-corrected chi connectivity index (χ0v) is 8.97. The van der Waals surface area contributed by atoms with Crippen LogP contribution in [0.25, 0.3) is 0 Å². The molecule has 0 aromatic carbocycles. The van der Waals surface area contributed by atoms with Crippen LogP contribution in [0.4, 0.5) is 0 Å². The predicted molar refractivity (Wildman–Crippen MR) is 54.6 cm³/mol. The number of aromatic nitrogens is 1. The highest BCUT2D eigenvalue weighted by atomic mass is 79.9. The Morgan fingerprint density at radius 2 is 2.46 bits per heavy atom. The Bertz CT molecular complexity index is 301. The SMILES string of the molecule is CCCNC(=O)c1cc(Br)ccn1. The van der Waals surface area contributed by atoms with Crippen LogP contribution in [-0.2, 0) is 0 Å². The van der Waals surface area contributed by atoms with E-state index in [0.717, 1.165) is 10.9 Å². The van der Waals surface area contributed by atoms with Gasteiger partial charge in [0.15, 0.2) is 0 Å². The first-order valence-electron chi connectivity index (χ1n) is 4.13. The summed E-state index contributed by atoms with van der Waals surface area (Å²) in [5, 5.41) is 2.75. The van der Waals surface area contributed by atoms with Crippen LogP contribution in [0.2, 0.25) is 0 Å². The van der Waals surface area contributed by atoms with Crippen LogP contribution < -0.4 is 5.32 Å². The van der Waals surface area contributed by atoms with Gasteiger partial charge < -0.3 is 5.32 Å². The van der Waals surface area contributed by atoms with Gasteiger partial charge in [-0.2, -0.15) is 0 Å². The number of amides is 1. The lowest BCUT2D eigenvalue weighted by atomic mass is 10.3. The van der Waals surface area contributed by atoms with Crippen LogP contribution in [0.3, 0.4) is 0 Å². The van der Waals surface area contributed by atoms with E-state index in [4.69, 9.17) is 0 Å². The monoisotopic (exact) mass is 242 g/mol. The molecule has 4 heteroatoms. The number of pyridine rings is 1. The molecule has 0 aliphatic heterocycles. The number of nitrogens with zero attached hydrogens (tertiary/aromatic N) is 1. The van der Waals surface area contributed by atoms with Gasteiger partial charge in [0.2, 0.25) is 0 Å². The van der Waals surface area contributed by atoms with Crippen molar-refractivity contribution in [2.24, 2.45) is 0 Å². The molecule has 0 radical (unpaired) electrons. The molecule has 0 aliphatic rings. The lowest BCUT2D eigenvalue weighted by molar-refractivity contribution is 0.0948. The van der Waals surface area contributed by atoms with E-state index in [1.54, 1.807) is 18.3 Å². The maximum Gasteiger partial charge on any atom is 0.269 e. The molecule has 1 amide bonds. The highest BCUT2D eigenvalue weighted by molar-refractivity contribution is 9.10. The summed E-state index contributed by atoms with van der Waals surface area (Å²) in [6.07, 6.45) is 2.53. The molecule has 1 N–H and O–H groups in total. The first-order chi connectivity index (χ1) is 6.24. The van der Waals surface area contributed by atoms with Gasteiger partial charge in [0.05, 0.1) is 0 Å². The van der Waals surface area contributed by atoms with Crippen molar-refractivity contribution in [2.75, 3.05) is 6.54 Å². The Hall–Kier alpha value is -0.900. The maximum absolute atomic E-state index is 11.4. The van der Waals surface area contributed by atoms with Gasteiger partial charge in [-0.15, -0.1) is 0 Å². The lowest BCUT2D eigenvalue weighted by Gasteiger charge is -2.01. The van der Waals surface area contributed by atoms with Crippen molar-refractivity contribution in [3.63, 3.8) is 0 Å². The fourth-order valence-corrected chi connectivity index (χ4v) is 1.19. The third kappa shape index (κ3) is 3.14. The molecule has 0 atom stereocenters. The first kappa shape index (κ1) is 10.2.